The fraction of sp³-hybridized carbons (Fsp3) is 0.750. The number of aromatic nitrogens is 3. The molecule has 0 spiro atoms. The van der Waals surface area contributed by atoms with E-state index >= 15 is 0 Å². The average molecular weight is 267 g/mol. The highest BCUT2D eigenvalue weighted by molar-refractivity contribution is 5.90. The van der Waals surface area contributed by atoms with Crippen molar-refractivity contribution in [2.24, 2.45) is 0 Å². The second-order valence-corrected chi connectivity index (χ2v) is 4.67. The predicted molar refractivity (Wildman–Crippen MR) is 69.8 cm³/mol. The first-order valence-corrected chi connectivity index (χ1v) is 6.78. The minimum atomic E-state index is -0.109. The van der Waals surface area contributed by atoms with Crippen molar-refractivity contribution in [3.8, 4) is 0 Å². The highest BCUT2D eigenvalue weighted by Crippen LogP contribution is 2.06. The normalized spacial score (nSPS) is 17.5. The number of carbonyl (C=O) groups is 1. The minimum Gasteiger partial charge on any atom is -0.395 e. The van der Waals surface area contributed by atoms with Crippen LogP contribution in [-0.4, -0.2) is 75.3 Å². The second kappa shape index (κ2) is 6.63. The third-order valence-electron chi connectivity index (χ3n) is 3.35. The lowest BCUT2D eigenvalue weighted by atomic mass is 10.3. The number of aryl methyl sites for hydroxylation is 1. The van der Waals surface area contributed by atoms with Crippen molar-refractivity contribution in [3.63, 3.8) is 0 Å². The quantitative estimate of drug-likeness (QED) is 0.768. The third kappa shape index (κ3) is 3.51. The second-order valence-electron chi connectivity index (χ2n) is 4.67. The van der Waals surface area contributed by atoms with Gasteiger partial charge in [-0.2, -0.15) is 0 Å². The Morgan fingerprint density at radius 3 is 2.89 bits per heavy atom. The fourth-order valence-corrected chi connectivity index (χ4v) is 2.23. The predicted octanol–water partition coefficient (Wildman–Crippen LogP) is -0.493. The van der Waals surface area contributed by atoms with Crippen LogP contribution >= 0.6 is 0 Å². The summed E-state index contributed by atoms with van der Waals surface area (Å²) >= 11 is 0. The topological polar surface area (TPSA) is 85.3 Å². The molecule has 1 aliphatic heterocycles. The summed E-state index contributed by atoms with van der Waals surface area (Å²) in [5.74, 6) is 0.884. The minimum absolute atomic E-state index is 0.109. The lowest BCUT2D eigenvalue weighted by Crippen LogP contribution is -2.36. The Morgan fingerprint density at radius 1 is 1.37 bits per heavy atom. The molecule has 0 radical (unpaired) electrons. The summed E-state index contributed by atoms with van der Waals surface area (Å²) in [6.45, 7) is 5.88. The number of hydrogen-bond donors (Lipinski definition) is 2. The smallest absolute Gasteiger partial charge is 0.293 e. The fourth-order valence-electron chi connectivity index (χ4n) is 2.23. The number of aromatic amines is 1. The van der Waals surface area contributed by atoms with Gasteiger partial charge in [-0.1, -0.05) is 6.92 Å². The average Bonchev–Trinajstić information content (AvgIpc) is 2.79. The van der Waals surface area contributed by atoms with E-state index in [4.69, 9.17) is 5.11 Å². The van der Waals surface area contributed by atoms with Gasteiger partial charge in [-0.3, -0.25) is 14.8 Å². The largest absolute Gasteiger partial charge is 0.395 e. The van der Waals surface area contributed by atoms with Crippen LogP contribution in [0.3, 0.4) is 0 Å². The first kappa shape index (κ1) is 14.0. The van der Waals surface area contributed by atoms with Gasteiger partial charge in [-0.05, 0) is 13.0 Å². The van der Waals surface area contributed by atoms with Crippen LogP contribution in [0.25, 0.3) is 0 Å². The molecule has 0 bridgehead atoms. The molecular formula is C12H21N5O2. The van der Waals surface area contributed by atoms with E-state index in [1.807, 2.05) is 6.92 Å². The molecule has 7 nitrogen and oxygen atoms in total. The summed E-state index contributed by atoms with van der Waals surface area (Å²) in [7, 11) is 0. The van der Waals surface area contributed by atoms with Gasteiger partial charge in [-0.15, -0.1) is 5.10 Å². The molecule has 0 aliphatic carbocycles. The first-order valence-electron chi connectivity index (χ1n) is 6.78. The van der Waals surface area contributed by atoms with E-state index in [0.717, 1.165) is 38.3 Å². The SMILES string of the molecule is CCc1nc(C(=O)N2CCCN(CCO)CC2)n[nH]1. The highest BCUT2D eigenvalue weighted by atomic mass is 16.3. The van der Waals surface area contributed by atoms with E-state index in [1.165, 1.54) is 0 Å². The molecule has 7 heteroatoms. The van der Waals surface area contributed by atoms with Gasteiger partial charge in [0.2, 0.25) is 5.82 Å². The van der Waals surface area contributed by atoms with Crippen molar-refractivity contribution in [1.29, 1.82) is 0 Å². The van der Waals surface area contributed by atoms with Crippen molar-refractivity contribution < 1.29 is 9.90 Å². The Bertz CT molecular complexity index is 420. The lowest BCUT2D eigenvalue weighted by molar-refractivity contribution is 0.0748. The summed E-state index contributed by atoms with van der Waals surface area (Å²) in [6, 6.07) is 0. The summed E-state index contributed by atoms with van der Waals surface area (Å²) in [5, 5.41) is 15.7. The van der Waals surface area contributed by atoms with Crippen LogP contribution in [0.1, 0.15) is 29.8 Å². The zero-order valence-corrected chi connectivity index (χ0v) is 11.3. The Morgan fingerprint density at radius 2 is 2.21 bits per heavy atom. The molecule has 1 aromatic rings. The van der Waals surface area contributed by atoms with Crippen LogP contribution in [0.15, 0.2) is 0 Å². The summed E-state index contributed by atoms with van der Waals surface area (Å²) in [6.07, 6.45) is 1.65. The number of aliphatic hydroxyl groups excluding tert-OH is 1. The van der Waals surface area contributed by atoms with Crippen LogP contribution in [0.4, 0.5) is 0 Å². The van der Waals surface area contributed by atoms with E-state index in [0.29, 0.717) is 13.1 Å². The zero-order chi connectivity index (χ0) is 13.7. The summed E-state index contributed by atoms with van der Waals surface area (Å²) < 4.78 is 0. The molecule has 1 fully saturated rings. The van der Waals surface area contributed by atoms with Crippen molar-refractivity contribution in [3.05, 3.63) is 11.6 Å². The maximum Gasteiger partial charge on any atom is 0.293 e. The molecule has 1 aliphatic rings. The van der Waals surface area contributed by atoms with Gasteiger partial charge in [0, 0.05) is 32.6 Å². The van der Waals surface area contributed by atoms with Crippen molar-refractivity contribution in [1.82, 2.24) is 25.0 Å². The van der Waals surface area contributed by atoms with E-state index in [9.17, 15) is 4.79 Å². The first-order chi connectivity index (χ1) is 9.24. The monoisotopic (exact) mass is 267 g/mol. The van der Waals surface area contributed by atoms with Crippen LogP contribution in [0.2, 0.25) is 0 Å². The van der Waals surface area contributed by atoms with E-state index < -0.39 is 0 Å². The Labute approximate surface area is 112 Å². The number of nitrogens with one attached hydrogen (secondary N) is 1. The summed E-state index contributed by atoms with van der Waals surface area (Å²) in [5.41, 5.74) is 0. The Balaban J connectivity index is 1.95. The molecule has 0 saturated carbocycles. The number of amides is 1. The van der Waals surface area contributed by atoms with Crippen molar-refractivity contribution >= 4 is 5.91 Å². The molecule has 2 N–H and O–H groups in total. The molecule has 1 saturated heterocycles. The molecule has 0 atom stereocenters. The molecule has 19 heavy (non-hydrogen) atoms. The van der Waals surface area contributed by atoms with Gasteiger partial charge >= 0.3 is 0 Å². The van der Waals surface area contributed by atoms with E-state index in [-0.39, 0.29) is 18.3 Å². The maximum absolute atomic E-state index is 12.3. The van der Waals surface area contributed by atoms with Gasteiger partial charge in [0.15, 0.2) is 0 Å². The maximum atomic E-state index is 12.3. The molecule has 1 amide bonds. The highest BCUT2D eigenvalue weighted by Gasteiger charge is 2.22. The van der Waals surface area contributed by atoms with Gasteiger partial charge < -0.3 is 10.0 Å². The van der Waals surface area contributed by atoms with Crippen LogP contribution in [0.5, 0.6) is 0 Å². The molecule has 106 valence electrons. The standard InChI is InChI=1S/C12H21N5O2/c1-2-10-13-11(15-14-10)12(19)17-5-3-4-16(6-7-17)8-9-18/h18H,2-9H2,1H3,(H,13,14,15). The number of hydrogen-bond acceptors (Lipinski definition) is 5. The Kier molecular flexibility index (Phi) is 4.86. The molecular weight excluding hydrogens is 246 g/mol. The van der Waals surface area contributed by atoms with Crippen LogP contribution in [-0.2, 0) is 6.42 Å². The number of β-amino-alcohol motifs (C(OH)–C–C–N with tert-alkyl or cyclic N) is 1. The van der Waals surface area contributed by atoms with Gasteiger partial charge in [0.1, 0.15) is 5.82 Å². The van der Waals surface area contributed by atoms with Gasteiger partial charge in [-0.25, -0.2) is 4.98 Å². The van der Waals surface area contributed by atoms with Gasteiger partial charge in [0.05, 0.1) is 6.61 Å². The number of rotatable bonds is 4. The summed E-state index contributed by atoms with van der Waals surface area (Å²) in [4.78, 5) is 20.4. The number of carbonyl (C=O) groups excluding carboxylic acids is 1. The lowest BCUT2D eigenvalue weighted by Gasteiger charge is -2.20. The van der Waals surface area contributed by atoms with Crippen LogP contribution < -0.4 is 0 Å². The molecule has 2 rings (SSSR count). The number of aliphatic hydroxyl groups is 1. The van der Waals surface area contributed by atoms with E-state index in [2.05, 4.69) is 20.1 Å². The third-order valence-corrected chi connectivity index (χ3v) is 3.35. The molecule has 0 aromatic carbocycles. The zero-order valence-electron chi connectivity index (χ0n) is 11.3. The molecule has 0 unspecified atom stereocenters. The number of H-pyrrole nitrogens is 1. The number of nitrogens with zero attached hydrogens (tertiary/aromatic N) is 4. The molecule has 2 heterocycles. The van der Waals surface area contributed by atoms with Crippen LogP contribution in [0, 0.1) is 0 Å². The van der Waals surface area contributed by atoms with Crippen molar-refractivity contribution in [2.45, 2.75) is 19.8 Å². The van der Waals surface area contributed by atoms with Gasteiger partial charge in [0.25, 0.3) is 5.91 Å². The Hall–Kier alpha value is -1.47. The van der Waals surface area contributed by atoms with E-state index in [1.54, 1.807) is 4.90 Å². The van der Waals surface area contributed by atoms with Crippen molar-refractivity contribution in [2.75, 3.05) is 39.3 Å². The molecule has 1 aromatic heterocycles.